The Hall–Kier alpha value is -2.02. The minimum absolute atomic E-state index is 0.0962. The van der Waals surface area contributed by atoms with Crippen LogP contribution in [0.1, 0.15) is 61.3 Å². The summed E-state index contributed by atoms with van der Waals surface area (Å²) in [5, 5.41) is 12.8. The van der Waals surface area contributed by atoms with Crippen molar-refractivity contribution in [3.63, 3.8) is 0 Å². The molecule has 1 aromatic carbocycles. The van der Waals surface area contributed by atoms with Crippen LogP contribution >= 0.6 is 11.8 Å². The zero-order valence-electron chi connectivity index (χ0n) is 16.1. The maximum Gasteiger partial charge on any atom is 0.255 e. The summed E-state index contributed by atoms with van der Waals surface area (Å²) in [5.41, 5.74) is 0.582. The average molecular weight is 389 g/mol. The van der Waals surface area contributed by atoms with Crippen LogP contribution in [0.5, 0.6) is 5.75 Å². The highest BCUT2D eigenvalue weighted by Gasteiger charge is 2.23. The highest BCUT2D eigenvalue weighted by Crippen LogP contribution is 2.33. The Bertz CT molecular complexity index is 756. The first-order chi connectivity index (χ1) is 13.2. The largest absolute Gasteiger partial charge is 0.493 e. The molecule has 0 saturated heterocycles. The van der Waals surface area contributed by atoms with E-state index >= 15 is 0 Å². The van der Waals surface area contributed by atoms with E-state index in [0.717, 1.165) is 23.8 Å². The van der Waals surface area contributed by atoms with Gasteiger partial charge in [-0.25, -0.2) is 0 Å². The van der Waals surface area contributed by atoms with Crippen molar-refractivity contribution in [1.82, 2.24) is 20.1 Å². The second-order valence-corrected chi connectivity index (χ2v) is 7.47. The van der Waals surface area contributed by atoms with Crippen LogP contribution in [0.2, 0.25) is 0 Å². The molecule has 1 heterocycles. The van der Waals surface area contributed by atoms with Gasteiger partial charge in [0.05, 0.1) is 12.2 Å². The number of nitrogens with one attached hydrogen (secondary N) is 1. The number of carbonyl (C=O) groups excluding carboxylic acids is 1. The van der Waals surface area contributed by atoms with Crippen molar-refractivity contribution in [3.05, 3.63) is 35.7 Å². The third-order valence-corrected chi connectivity index (χ3v) is 5.55. The smallest absolute Gasteiger partial charge is 0.255 e. The first-order valence-corrected chi connectivity index (χ1v) is 10.9. The zero-order chi connectivity index (χ0) is 19.1. The topological polar surface area (TPSA) is 69.0 Å². The SMILES string of the molecule is CCOc1ccccc1C(=O)NCCCc1nnc(SC)n1C1CCCC1. The van der Waals surface area contributed by atoms with Crippen LogP contribution in [0.4, 0.5) is 0 Å². The van der Waals surface area contributed by atoms with Gasteiger partial charge in [0.15, 0.2) is 5.16 Å². The van der Waals surface area contributed by atoms with E-state index in [1.165, 1.54) is 25.7 Å². The van der Waals surface area contributed by atoms with Gasteiger partial charge in [-0.15, -0.1) is 10.2 Å². The molecule has 7 heteroatoms. The van der Waals surface area contributed by atoms with E-state index in [9.17, 15) is 4.79 Å². The molecular weight excluding hydrogens is 360 g/mol. The van der Waals surface area contributed by atoms with Gasteiger partial charge in [-0.2, -0.15) is 0 Å². The number of rotatable bonds is 9. The summed E-state index contributed by atoms with van der Waals surface area (Å²) in [5.74, 6) is 1.57. The van der Waals surface area contributed by atoms with E-state index in [0.29, 0.717) is 30.5 Å². The van der Waals surface area contributed by atoms with Crippen molar-refractivity contribution in [2.45, 2.75) is 56.6 Å². The Labute approximate surface area is 165 Å². The number of thioether (sulfide) groups is 1. The monoisotopic (exact) mass is 388 g/mol. The second kappa shape index (κ2) is 9.78. The molecule has 0 radical (unpaired) electrons. The number of hydrogen-bond acceptors (Lipinski definition) is 5. The molecule has 1 aliphatic rings. The summed E-state index contributed by atoms with van der Waals surface area (Å²) >= 11 is 1.66. The van der Waals surface area contributed by atoms with Crippen LogP contribution in [0.25, 0.3) is 0 Å². The van der Waals surface area contributed by atoms with E-state index < -0.39 is 0 Å². The highest BCUT2D eigenvalue weighted by molar-refractivity contribution is 7.98. The fourth-order valence-electron chi connectivity index (χ4n) is 3.63. The molecule has 0 aliphatic heterocycles. The van der Waals surface area contributed by atoms with Gasteiger partial charge in [0, 0.05) is 19.0 Å². The fourth-order valence-corrected chi connectivity index (χ4v) is 4.20. The van der Waals surface area contributed by atoms with Gasteiger partial charge in [-0.05, 0) is 44.6 Å². The van der Waals surface area contributed by atoms with Gasteiger partial charge in [0.2, 0.25) is 0 Å². The quantitative estimate of drug-likeness (QED) is 0.521. The van der Waals surface area contributed by atoms with Crippen LogP contribution in [0.3, 0.4) is 0 Å². The van der Waals surface area contributed by atoms with Gasteiger partial charge >= 0.3 is 0 Å². The summed E-state index contributed by atoms with van der Waals surface area (Å²) in [6, 6.07) is 7.88. The van der Waals surface area contributed by atoms with Crippen LogP contribution in [0, 0.1) is 0 Å². The molecule has 1 N–H and O–H groups in total. The number of amides is 1. The molecule has 0 bridgehead atoms. The molecule has 1 aromatic heterocycles. The van der Waals surface area contributed by atoms with Gasteiger partial charge in [0.25, 0.3) is 5.91 Å². The summed E-state index contributed by atoms with van der Waals surface area (Å²) in [6.07, 6.45) is 8.69. The Morgan fingerprint density at radius 1 is 1.30 bits per heavy atom. The Morgan fingerprint density at radius 3 is 2.81 bits per heavy atom. The molecular formula is C20H28N4O2S. The number of hydrogen-bond donors (Lipinski definition) is 1. The Balaban J connectivity index is 1.55. The molecule has 1 amide bonds. The number of benzene rings is 1. The van der Waals surface area contributed by atoms with Crippen molar-refractivity contribution in [1.29, 1.82) is 0 Å². The van der Waals surface area contributed by atoms with Crippen molar-refractivity contribution in [3.8, 4) is 5.75 Å². The lowest BCUT2D eigenvalue weighted by atomic mass is 10.2. The number of ether oxygens (including phenoxy) is 1. The highest BCUT2D eigenvalue weighted by atomic mass is 32.2. The van der Waals surface area contributed by atoms with Crippen molar-refractivity contribution < 1.29 is 9.53 Å². The lowest BCUT2D eigenvalue weighted by Crippen LogP contribution is -2.25. The summed E-state index contributed by atoms with van der Waals surface area (Å²) in [6.45, 7) is 3.06. The Kier molecular flexibility index (Phi) is 7.15. The summed E-state index contributed by atoms with van der Waals surface area (Å²) in [7, 11) is 0. The standard InChI is InChI=1S/C20H28N4O2S/c1-3-26-17-12-7-6-11-16(17)19(25)21-14-8-13-18-22-23-20(27-2)24(18)15-9-4-5-10-15/h6-7,11-12,15H,3-5,8-10,13-14H2,1-2H3,(H,21,25). The molecule has 0 unspecified atom stereocenters. The van der Waals surface area contributed by atoms with Gasteiger partial charge in [-0.3, -0.25) is 4.79 Å². The van der Waals surface area contributed by atoms with E-state index in [-0.39, 0.29) is 5.91 Å². The fraction of sp³-hybridized carbons (Fsp3) is 0.550. The third kappa shape index (κ3) is 4.83. The van der Waals surface area contributed by atoms with Crippen LogP contribution in [-0.2, 0) is 6.42 Å². The van der Waals surface area contributed by atoms with E-state index in [4.69, 9.17) is 4.74 Å². The summed E-state index contributed by atoms with van der Waals surface area (Å²) in [4.78, 5) is 12.5. The molecule has 6 nitrogen and oxygen atoms in total. The maximum atomic E-state index is 12.5. The van der Waals surface area contributed by atoms with Crippen molar-refractivity contribution >= 4 is 17.7 Å². The normalized spacial score (nSPS) is 14.4. The molecule has 146 valence electrons. The number of aromatic nitrogens is 3. The lowest BCUT2D eigenvalue weighted by molar-refractivity contribution is 0.0949. The lowest BCUT2D eigenvalue weighted by Gasteiger charge is -2.16. The van der Waals surface area contributed by atoms with Crippen molar-refractivity contribution in [2.24, 2.45) is 0 Å². The summed E-state index contributed by atoms with van der Waals surface area (Å²) < 4.78 is 7.86. The van der Waals surface area contributed by atoms with E-state index in [2.05, 4.69) is 26.3 Å². The maximum absolute atomic E-state index is 12.5. The molecule has 27 heavy (non-hydrogen) atoms. The number of aryl methyl sites for hydroxylation is 1. The minimum atomic E-state index is -0.0962. The molecule has 1 saturated carbocycles. The Morgan fingerprint density at radius 2 is 2.07 bits per heavy atom. The number of nitrogens with zero attached hydrogens (tertiary/aromatic N) is 3. The van der Waals surface area contributed by atoms with Gasteiger partial charge in [-0.1, -0.05) is 36.7 Å². The van der Waals surface area contributed by atoms with E-state index in [1.54, 1.807) is 17.8 Å². The first kappa shape index (κ1) is 19.7. The van der Waals surface area contributed by atoms with Crippen LogP contribution in [0.15, 0.2) is 29.4 Å². The van der Waals surface area contributed by atoms with Gasteiger partial charge < -0.3 is 14.6 Å². The van der Waals surface area contributed by atoms with Crippen LogP contribution < -0.4 is 10.1 Å². The average Bonchev–Trinajstić information content (AvgIpc) is 3.34. The second-order valence-electron chi connectivity index (χ2n) is 6.70. The first-order valence-electron chi connectivity index (χ1n) is 9.72. The van der Waals surface area contributed by atoms with Crippen molar-refractivity contribution in [2.75, 3.05) is 19.4 Å². The molecule has 1 fully saturated rings. The predicted molar refractivity (Wildman–Crippen MR) is 108 cm³/mol. The molecule has 0 atom stereocenters. The zero-order valence-corrected chi connectivity index (χ0v) is 16.9. The van der Waals surface area contributed by atoms with E-state index in [1.807, 2.05) is 25.1 Å². The van der Waals surface area contributed by atoms with Gasteiger partial charge in [0.1, 0.15) is 11.6 Å². The number of para-hydroxylation sites is 1. The number of carbonyl (C=O) groups is 1. The molecule has 3 rings (SSSR count). The predicted octanol–water partition coefficient (Wildman–Crippen LogP) is 3.88. The minimum Gasteiger partial charge on any atom is -0.493 e. The van der Waals surface area contributed by atoms with Crippen LogP contribution in [-0.4, -0.2) is 40.1 Å². The molecule has 0 spiro atoms. The third-order valence-electron chi connectivity index (χ3n) is 4.90. The molecule has 1 aliphatic carbocycles. The molecule has 2 aromatic rings.